The standard InChI is InChI=1S/C12H15BClNO4/c1-12(2,3)19-11(16)15-10-5-8-7(4-9(10)14)6-18-13(8)17/h4-5,17H,6H2,1-3H3,(H,15,16). The number of ether oxygens (including phenoxy) is 1. The maximum atomic E-state index is 11.7. The molecule has 0 saturated heterocycles. The molecule has 0 aromatic heterocycles. The fourth-order valence-electron chi connectivity index (χ4n) is 1.75. The molecule has 1 aliphatic rings. The highest BCUT2D eigenvalue weighted by Crippen LogP contribution is 2.25. The summed E-state index contributed by atoms with van der Waals surface area (Å²) in [4.78, 5) is 11.7. The first kappa shape index (κ1) is 14.2. The summed E-state index contributed by atoms with van der Waals surface area (Å²) >= 11 is 6.06. The van der Waals surface area contributed by atoms with Crippen LogP contribution in [0.3, 0.4) is 0 Å². The first-order chi connectivity index (χ1) is 8.76. The van der Waals surface area contributed by atoms with E-state index < -0.39 is 18.8 Å². The smallest absolute Gasteiger partial charge is 0.444 e. The molecule has 1 aliphatic heterocycles. The van der Waals surface area contributed by atoms with Gasteiger partial charge < -0.3 is 14.4 Å². The maximum Gasteiger partial charge on any atom is 0.491 e. The van der Waals surface area contributed by atoms with Gasteiger partial charge in [0, 0.05) is 0 Å². The zero-order chi connectivity index (χ0) is 14.2. The SMILES string of the molecule is CC(C)(C)OC(=O)Nc1cc2c(cc1Cl)COB2O. The second-order valence-electron chi connectivity index (χ2n) is 5.32. The Kier molecular flexibility index (Phi) is 3.76. The van der Waals surface area contributed by atoms with Crippen LogP contribution < -0.4 is 10.8 Å². The van der Waals surface area contributed by atoms with Crippen LogP contribution in [0.5, 0.6) is 0 Å². The fourth-order valence-corrected chi connectivity index (χ4v) is 1.99. The minimum Gasteiger partial charge on any atom is -0.444 e. The van der Waals surface area contributed by atoms with Gasteiger partial charge in [0.1, 0.15) is 5.60 Å². The van der Waals surface area contributed by atoms with E-state index >= 15 is 0 Å². The number of fused-ring (bicyclic) bond motifs is 1. The third-order valence-corrected chi connectivity index (χ3v) is 2.84. The highest BCUT2D eigenvalue weighted by atomic mass is 35.5. The normalized spacial score (nSPS) is 14.3. The molecule has 0 spiro atoms. The van der Waals surface area contributed by atoms with Crippen molar-refractivity contribution >= 4 is 36.0 Å². The summed E-state index contributed by atoms with van der Waals surface area (Å²) in [6.07, 6.45) is -0.595. The van der Waals surface area contributed by atoms with Gasteiger partial charge in [-0.05, 0) is 43.9 Å². The van der Waals surface area contributed by atoms with Crippen LogP contribution in [0.25, 0.3) is 0 Å². The Bertz CT molecular complexity index is 515. The highest BCUT2D eigenvalue weighted by Gasteiger charge is 2.29. The first-order valence-electron chi connectivity index (χ1n) is 5.88. The lowest BCUT2D eigenvalue weighted by molar-refractivity contribution is 0.0636. The number of hydrogen-bond acceptors (Lipinski definition) is 4. The predicted octanol–water partition coefficient (Wildman–Crippen LogP) is 1.90. The average Bonchev–Trinajstić information content (AvgIpc) is 2.58. The number of benzene rings is 1. The average molecular weight is 284 g/mol. The fraction of sp³-hybridized carbons (Fsp3) is 0.417. The molecule has 0 bridgehead atoms. The van der Waals surface area contributed by atoms with Crippen molar-refractivity contribution in [2.75, 3.05) is 5.32 Å². The second kappa shape index (κ2) is 5.04. The highest BCUT2D eigenvalue weighted by molar-refractivity contribution is 6.62. The topological polar surface area (TPSA) is 67.8 Å². The minimum absolute atomic E-state index is 0.308. The van der Waals surface area contributed by atoms with Gasteiger partial charge in [-0.2, -0.15) is 0 Å². The predicted molar refractivity (Wildman–Crippen MR) is 73.7 cm³/mol. The van der Waals surface area contributed by atoms with Crippen LogP contribution in [-0.4, -0.2) is 23.8 Å². The molecule has 0 unspecified atom stereocenters. The van der Waals surface area contributed by atoms with E-state index in [0.29, 0.717) is 22.8 Å². The number of rotatable bonds is 1. The molecule has 0 fully saturated rings. The van der Waals surface area contributed by atoms with Gasteiger partial charge in [-0.3, -0.25) is 5.32 Å². The number of anilines is 1. The molecule has 1 aromatic rings. The first-order valence-corrected chi connectivity index (χ1v) is 6.26. The zero-order valence-corrected chi connectivity index (χ0v) is 11.7. The Labute approximate surface area is 117 Å². The lowest BCUT2D eigenvalue weighted by Gasteiger charge is -2.20. The molecule has 0 aliphatic carbocycles. The van der Waals surface area contributed by atoms with Gasteiger partial charge in [0.15, 0.2) is 0 Å². The van der Waals surface area contributed by atoms with E-state index in [9.17, 15) is 9.82 Å². The number of carbonyl (C=O) groups is 1. The van der Waals surface area contributed by atoms with E-state index in [0.717, 1.165) is 5.56 Å². The van der Waals surface area contributed by atoms with Crippen LogP contribution in [0.2, 0.25) is 5.02 Å². The molecule has 2 N–H and O–H groups in total. The molecular weight excluding hydrogens is 268 g/mol. The lowest BCUT2D eigenvalue weighted by atomic mass is 9.79. The summed E-state index contributed by atoms with van der Waals surface area (Å²) in [6, 6.07) is 3.26. The van der Waals surface area contributed by atoms with Gasteiger partial charge in [-0.1, -0.05) is 11.6 Å². The Morgan fingerprint density at radius 1 is 1.53 bits per heavy atom. The van der Waals surface area contributed by atoms with E-state index in [1.807, 2.05) is 0 Å². The Balaban J connectivity index is 2.17. The lowest BCUT2D eigenvalue weighted by Crippen LogP contribution is -2.30. The molecule has 0 saturated carbocycles. The molecule has 2 rings (SSSR count). The number of carbonyl (C=O) groups excluding carboxylic acids is 1. The second-order valence-corrected chi connectivity index (χ2v) is 5.73. The summed E-state index contributed by atoms with van der Waals surface area (Å²) in [5, 5.41) is 12.5. The van der Waals surface area contributed by atoms with E-state index in [1.165, 1.54) is 0 Å². The summed E-state index contributed by atoms with van der Waals surface area (Å²) in [5.41, 5.74) is 1.22. The molecule has 1 amide bonds. The molecule has 1 heterocycles. The quantitative estimate of drug-likeness (QED) is 0.773. The van der Waals surface area contributed by atoms with Crippen molar-refractivity contribution in [1.82, 2.24) is 0 Å². The van der Waals surface area contributed by atoms with E-state index in [1.54, 1.807) is 32.9 Å². The number of amides is 1. The molecule has 7 heteroatoms. The van der Waals surface area contributed by atoms with Gasteiger partial charge in [0.25, 0.3) is 0 Å². The van der Waals surface area contributed by atoms with Crippen LogP contribution in [0.4, 0.5) is 10.5 Å². The van der Waals surface area contributed by atoms with Crippen LogP contribution in [-0.2, 0) is 16.0 Å². The minimum atomic E-state index is -0.980. The van der Waals surface area contributed by atoms with Crippen molar-refractivity contribution in [3.63, 3.8) is 0 Å². The number of halogens is 1. The molecular formula is C12H15BClNO4. The van der Waals surface area contributed by atoms with E-state index in [4.69, 9.17) is 21.0 Å². The van der Waals surface area contributed by atoms with Gasteiger partial charge in [0.05, 0.1) is 17.3 Å². The van der Waals surface area contributed by atoms with Gasteiger partial charge in [0.2, 0.25) is 0 Å². The van der Waals surface area contributed by atoms with Crippen LogP contribution in [0, 0.1) is 0 Å². The van der Waals surface area contributed by atoms with Gasteiger partial charge >= 0.3 is 13.2 Å². The van der Waals surface area contributed by atoms with E-state index in [2.05, 4.69) is 5.32 Å². The summed E-state index contributed by atoms with van der Waals surface area (Å²) in [5.74, 6) is 0. The summed E-state index contributed by atoms with van der Waals surface area (Å²) in [7, 11) is -0.980. The third-order valence-electron chi connectivity index (χ3n) is 2.53. The van der Waals surface area contributed by atoms with Crippen molar-refractivity contribution in [1.29, 1.82) is 0 Å². The Morgan fingerprint density at radius 3 is 2.84 bits per heavy atom. The van der Waals surface area contributed by atoms with Crippen molar-refractivity contribution in [2.45, 2.75) is 33.0 Å². The maximum absolute atomic E-state index is 11.7. The molecule has 102 valence electrons. The van der Waals surface area contributed by atoms with Crippen LogP contribution in [0.15, 0.2) is 12.1 Å². The molecule has 5 nitrogen and oxygen atoms in total. The third kappa shape index (κ3) is 3.40. The van der Waals surface area contributed by atoms with E-state index in [-0.39, 0.29) is 0 Å². The monoisotopic (exact) mass is 283 g/mol. The number of nitrogens with one attached hydrogen (secondary N) is 1. The van der Waals surface area contributed by atoms with Crippen molar-refractivity contribution in [3.05, 3.63) is 22.7 Å². The van der Waals surface area contributed by atoms with Crippen LogP contribution >= 0.6 is 11.6 Å². The molecule has 19 heavy (non-hydrogen) atoms. The van der Waals surface area contributed by atoms with Crippen molar-refractivity contribution in [2.24, 2.45) is 0 Å². The molecule has 1 aromatic carbocycles. The largest absolute Gasteiger partial charge is 0.491 e. The Morgan fingerprint density at radius 2 is 2.21 bits per heavy atom. The van der Waals surface area contributed by atoms with Gasteiger partial charge in [-0.25, -0.2) is 4.79 Å². The Hall–Kier alpha value is -1.24. The van der Waals surface area contributed by atoms with Crippen molar-refractivity contribution < 1.29 is 19.2 Å². The summed E-state index contributed by atoms with van der Waals surface area (Å²) in [6.45, 7) is 5.63. The summed E-state index contributed by atoms with van der Waals surface area (Å²) < 4.78 is 10.2. The zero-order valence-electron chi connectivity index (χ0n) is 11.0. The molecule has 0 radical (unpaired) electrons. The van der Waals surface area contributed by atoms with Crippen molar-refractivity contribution in [3.8, 4) is 0 Å². The van der Waals surface area contributed by atoms with Gasteiger partial charge in [-0.15, -0.1) is 0 Å². The van der Waals surface area contributed by atoms with Crippen LogP contribution in [0.1, 0.15) is 26.3 Å². The molecule has 0 atom stereocenters. The number of hydrogen-bond donors (Lipinski definition) is 2.